The van der Waals surface area contributed by atoms with E-state index in [1.165, 1.54) is 6.07 Å². The molecule has 0 saturated carbocycles. The molecule has 17 heavy (non-hydrogen) atoms. The Labute approximate surface area is 114 Å². The fourth-order valence-corrected chi connectivity index (χ4v) is 2.08. The van der Waals surface area contributed by atoms with Crippen LogP contribution in [0.1, 0.15) is 23.7 Å². The van der Waals surface area contributed by atoms with Crippen LogP contribution in [0.15, 0.2) is 18.2 Å². The third-order valence-electron chi connectivity index (χ3n) is 2.20. The van der Waals surface area contributed by atoms with Gasteiger partial charge in [0.05, 0.1) is 5.56 Å². The fraction of sp³-hybridized carbons (Fsp3) is 0.417. The van der Waals surface area contributed by atoms with Crippen LogP contribution in [0, 0.1) is 9.39 Å². The zero-order valence-corrected chi connectivity index (χ0v) is 11.9. The third kappa shape index (κ3) is 4.59. The molecular weight excluding hydrogens is 334 g/mol. The van der Waals surface area contributed by atoms with Gasteiger partial charge in [0.15, 0.2) is 0 Å². The highest BCUT2D eigenvalue weighted by molar-refractivity contribution is 14.1. The van der Waals surface area contributed by atoms with Crippen molar-refractivity contribution in [2.75, 3.05) is 19.6 Å². The quantitative estimate of drug-likeness (QED) is 0.610. The molecule has 0 radical (unpaired) electrons. The van der Waals surface area contributed by atoms with Crippen LogP contribution in [0.2, 0.25) is 0 Å². The maximum atomic E-state index is 13.4. The molecule has 1 aromatic rings. The van der Waals surface area contributed by atoms with Crippen molar-refractivity contribution in [3.8, 4) is 0 Å². The number of hydrogen-bond donors (Lipinski definition) is 2. The van der Waals surface area contributed by atoms with Crippen LogP contribution in [0.3, 0.4) is 0 Å². The van der Waals surface area contributed by atoms with Crippen molar-refractivity contribution < 1.29 is 9.18 Å². The number of halogens is 2. The lowest BCUT2D eigenvalue weighted by Gasteiger charge is -2.08. The minimum Gasteiger partial charge on any atom is -0.351 e. The van der Waals surface area contributed by atoms with Crippen LogP contribution in [-0.2, 0) is 0 Å². The second kappa shape index (κ2) is 7.60. The Balaban J connectivity index is 2.47. The van der Waals surface area contributed by atoms with E-state index in [2.05, 4.69) is 17.6 Å². The number of hydrogen-bond acceptors (Lipinski definition) is 2. The second-order valence-electron chi connectivity index (χ2n) is 3.60. The van der Waals surface area contributed by atoms with Gasteiger partial charge in [0.1, 0.15) is 5.82 Å². The molecular formula is C12H16FIN2O. The second-order valence-corrected chi connectivity index (χ2v) is 4.76. The maximum Gasteiger partial charge on any atom is 0.255 e. The van der Waals surface area contributed by atoms with E-state index in [-0.39, 0.29) is 11.5 Å². The van der Waals surface area contributed by atoms with E-state index in [1.807, 2.05) is 22.6 Å². The summed E-state index contributed by atoms with van der Waals surface area (Å²) >= 11 is 1.96. The molecule has 2 N–H and O–H groups in total. The van der Waals surface area contributed by atoms with Crippen LogP contribution < -0.4 is 10.6 Å². The standard InChI is InChI=1S/C12H16FIN2O/c1-2-6-15-7-8-16-12(17)11-9(13)4-3-5-10(11)14/h3-5,15H,2,6-8H2,1H3,(H,16,17). The number of amides is 1. The molecule has 1 amide bonds. The SMILES string of the molecule is CCCNCCNC(=O)c1c(F)cccc1I. The first-order chi connectivity index (χ1) is 8.16. The largest absolute Gasteiger partial charge is 0.351 e. The van der Waals surface area contributed by atoms with Crippen LogP contribution in [0.4, 0.5) is 4.39 Å². The van der Waals surface area contributed by atoms with E-state index in [0.717, 1.165) is 13.0 Å². The molecule has 5 heteroatoms. The monoisotopic (exact) mass is 350 g/mol. The van der Waals surface area contributed by atoms with Crippen molar-refractivity contribution in [3.05, 3.63) is 33.1 Å². The first kappa shape index (κ1) is 14.4. The lowest BCUT2D eigenvalue weighted by Crippen LogP contribution is -2.33. The van der Waals surface area contributed by atoms with Gasteiger partial charge in [-0.1, -0.05) is 13.0 Å². The summed E-state index contributed by atoms with van der Waals surface area (Å²) < 4.78 is 14.1. The van der Waals surface area contributed by atoms with Gasteiger partial charge in [0.2, 0.25) is 0 Å². The topological polar surface area (TPSA) is 41.1 Å². The number of benzene rings is 1. The minimum absolute atomic E-state index is 0.128. The Morgan fingerprint density at radius 1 is 1.35 bits per heavy atom. The van der Waals surface area contributed by atoms with E-state index in [9.17, 15) is 9.18 Å². The smallest absolute Gasteiger partial charge is 0.255 e. The molecule has 0 aliphatic heterocycles. The van der Waals surface area contributed by atoms with Gasteiger partial charge in [-0.15, -0.1) is 0 Å². The summed E-state index contributed by atoms with van der Waals surface area (Å²) in [6, 6.07) is 4.61. The Morgan fingerprint density at radius 3 is 2.76 bits per heavy atom. The summed E-state index contributed by atoms with van der Waals surface area (Å²) in [5.74, 6) is -0.832. The number of carbonyl (C=O) groups excluding carboxylic acids is 1. The first-order valence-electron chi connectivity index (χ1n) is 5.59. The highest BCUT2D eigenvalue weighted by atomic mass is 127. The summed E-state index contributed by atoms with van der Waals surface area (Å²) in [6.45, 7) is 4.20. The average molecular weight is 350 g/mol. The summed E-state index contributed by atoms with van der Waals surface area (Å²) in [6.07, 6.45) is 1.05. The van der Waals surface area contributed by atoms with Crippen molar-refractivity contribution >= 4 is 28.5 Å². The molecule has 1 rings (SSSR count). The lowest BCUT2D eigenvalue weighted by molar-refractivity contribution is 0.0949. The van der Waals surface area contributed by atoms with Crippen LogP contribution in [0.5, 0.6) is 0 Å². The van der Waals surface area contributed by atoms with Crippen LogP contribution in [0.25, 0.3) is 0 Å². The van der Waals surface area contributed by atoms with Crippen LogP contribution in [-0.4, -0.2) is 25.5 Å². The Bertz CT molecular complexity index is 365. The Kier molecular flexibility index (Phi) is 6.43. The molecule has 0 heterocycles. The van der Waals surface area contributed by atoms with Gasteiger partial charge in [0, 0.05) is 16.7 Å². The van der Waals surface area contributed by atoms with Gasteiger partial charge in [-0.25, -0.2) is 4.39 Å². The highest BCUT2D eigenvalue weighted by Gasteiger charge is 2.14. The fourth-order valence-electron chi connectivity index (χ4n) is 1.37. The van der Waals surface area contributed by atoms with Gasteiger partial charge in [0.25, 0.3) is 5.91 Å². The molecule has 0 fully saturated rings. The summed E-state index contributed by atoms with van der Waals surface area (Å²) in [4.78, 5) is 11.7. The first-order valence-corrected chi connectivity index (χ1v) is 6.67. The van der Waals surface area contributed by atoms with Crippen molar-refractivity contribution in [3.63, 3.8) is 0 Å². The van der Waals surface area contributed by atoms with Crippen molar-refractivity contribution in [2.24, 2.45) is 0 Å². The average Bonchev–Trinajstić information content (AvgIpc) is 2.28. The summed E-state index contributed by atoms with van der Waals surface area (Å²) in [5, 5.41) is 5.85. The molecule has 0 atom stereocenters. The minimum atomic E-state index is -0.476. The van der Waals surface area contributed by atoms with E-state index < -0.39 is 5.82 Å². The van der Waals surface area contributed by atoms with Gasteiger partial charge in [-0.2, -0.15) is 0 Å². The van der Waals surface area contributed by atoms with E-state index in [1.54, 1.807) is 12.1 Å². The predicted molar refractivity (Wildman–Crippen MR) is 74.6 cm³/mol. The van der Waals surface area contributed by atoms with Crippen LogP contribution >= 0.6 is 22.6 Å². The Hall–Kier alpha value is -0.690. The van der Waals surface area contributed by atoms with Gasteiger partial charge in [-0.05, 0) is 47.7 Å². The molecule has 0 saturated heterocycles. The lowest BCUT2D eigenvalue weighted by atomic mass is 10.2. The predicted octanol–water partition coefficient (Wildman–Crippen LogP) is 2.16. The zero-order valence-electron chi connectivity index (χ0n) is 9.72. The zero-order chi connectivity index (χ0) is 12.7. The normalized spacial score (nSPS) is 10.3. The van der Waals surface area contributed by atoms with Crippen molar-refractivity contribution in [2.45, 2.75) is 13.3 Å². The summed E-state index contributed by atoms with van der Waals surface area (Å²) in [7, 11) is 0. The number of rotatable bonds is 6. The Morgan fingerprint density at radius 2 is 2.12 bits per heavy atom. The van der Waals surface area contributed by atoms with Gasteiger partial charge < -0.3 is 10.6 Å². The van der Waals surface area contributed by atoms with Gasteiger partial charge in [-0.3, -0.25) is 4.79 Å². The molecule has 0 bridgehead atoms. The maximum absolute atomic E-state index is 13.4. The molecule has 0 aromatic heterocycles. The van der Waals surface area contributed by atoms with E-state index >= 15 is 0 Å². The summed E-state index contributed by atoms with van der Waals surface area (Å²) in [5.41, 5.74) is 0.128. The molecule has 0 spiro atoms. The molecule has 0 unspecified atom stereocenters. The molecule has 1 aromatic carbocycles. The molecule has 0 aliphatic rings. The molecule has 3 nitrogen and oxygen atoms in total. The van der Waals surface area contributed by atoms with E-state index in [0.29, 0.717) is 16.7 Å². The van der Waals surface area contributed by atoms with Crippen molar-refractivity contribution in [1.82, 2.24) is 10.6 Å². The number of carbonyl (C=O) groups is 1. The molecule has 0 aliphatic carbocycles. The van der Waals surface area contributed by atoms with Crippen molar-refractivity contribution in [1.29, 1.82) is 0 Å². The van der Waals surface area contributed by atoms with Gasteiger partial charge >= 0.3 is 0 Å². The molecule has 94 valence electrons. The number of nitrogens with one attached hydrogen (secondary N) is 2. The highest BCUT2D eigenvalue weighted by Crippen LogP contribution is 2.15. The third-order valence-corrected chi connectivity index (χ3v) is 3.10. The van der Waals surface area contributed by atoms with E-state index in [4.69, 9.17) is 0 Å².